The highest BCUT2D eigenvalue weighted by atomic mass is 32.2. The van der Waals surface area contributed by atoms with E-state index in [2.05, 4.69) is 47.1 Å². The summed E-state index contributed by atoms with van der Waals surface area (Å²) in [4.78, 5) is 21.1. The van der Waals surface area contributed by atoms with Gasteiger partial charge in [-0.25, -0.2) is 24.0 Å². The Kier molecular flexibility index (Phi) is 6.92. The Labute approximate surface area is 230 Å². The van der Waals surface area contributed by atoms with Crippen LogP contribution in [0.15, 0.2) is 43.1 Å². The number of hydrogen-bond acceptors (Lipinski definition) is 9. The van der Waals surface area contributed by atoms with Crippen molar-refractivity contribution in [3.05, 3.63) is 48.7 Å². The van der Waals surface area contributed by atoms with Crippen LogP contribution in [-0.4, -0.2) is 63.5 Å². The molecule has 4 aromatic heterocycles. The molecule has 5 heterocycles. The van der Waals surface area contributed by atoms with Gasteiger partial charge in [-0.05, 0) is 60.7 Å². The van der Waals surface area contributed by atoms with E-state index in [9.17, 15) is 4.55 Å². The van der Waals surface area contributed by atoms with E-state index in [4.69, 9.17) is 15.0 Å². The van der Waals surface area contributed by atoms with Crippen molar-refractivity contribution in [2.24, 2.45) is 5.92 Å². The lowest BCUT2D eigenvalue weighted by Gasteiger charge is -2.47. The van der Waals surface area contributed by atoms with Crippen LogP contribution >= 0.6 is 11.9 Å². The van der Waals surface area contributed by atoms with E-state index in [0.29, 0.717) is 34.8 Å². The maximum absolute atomic E-state index is 11.7. The van der Waals surface area contributed by atoms with E-state index in [-0.39, 0.29) is 0 Å². The number of fused-ring (bicyclic) bond motifs is 1. The lowest BCUT2D eigenvalue weighted by molar-refractivity contribution is 0.339. The lowest BCUT2D eigenvalue weighted by atomic mass is 9.90. The van der Waals surface area contributed by atoms with Gasteiger partial charge in [-0.1, -0.05) is 25.0 Å². The lowest BCUT2D eigenvalue weighted by Crippen LogP contribution is -2.57. The summed E-state index contributed by atoms with van der Waals surface area (Å²) in [6.45, 7) is 7.42. The van der Waals surface area contributed by atoms with E-state index < -0.39 is 11.2 Å². The largest absolute Gasteiger partial charge is 0.617 e. The van der Waals surface area contributed by atoms with Crippen molar-refractivity contribution >= 4 is 51.3 Å². The smallest absolute Gasteiger partial charge is 0.164 e. The fraction of sp³-hybridized carbons (Fsp3) is 0.444. The zero-order chi connectivity index (χ0) is 26.4. The molecular formula is C27H32N8OS2. The zero-order valence-electron chi connectivity index (χ0n) is 22.0. The summed E-state index contributed by atoms with van der Waals surface area (Å²) in [7, 11) is 0. The van der Waals surface area contributed by atoms with Gasteiger partial charge in [-0.3, -0.25) is 0 Å². The molecular weight excluding hydrogens is 516 g/mol. The van der Waals surface area contributed by atoms with Gasteiger partial charge in [0.2, 0.25) is 0 Å². The Morgan fingerprint density at radius 3 is 2.71 bits per heavy atom. The predicted octanol–water partition coefficient (Wildman–Crippen LogP) is 5.01. The summed E-state index contributed by atoms with van der Waals surface area (Å²) in [5, 5.41) is 10.7. The summed E-state index contributed by atoms with van der Waals surface area (Å²) in [5.74, 6) is 4.43. The molecule has 0 amide bonds. The molecule has 6 rings (SSSR count). The van der Waals surface area contributed by atoms with Gasteiger partial charge in [0.15, 0.2) is 5.82 Å². The van der Waals surface area contributed by atoms with Crippen molar-refractivity contribution in [2.45, 2.75) is 50.8 Å². The number of anilines is 3. The van der Waals surface area contributed by atoms with E-state index in [1.807, 2.05) is 34.9 Å². The number of aromatic nitrogens is 6. The minimum Gasteiger partial charge on any atom is -0.617 e. The van der Waals surface area contributed by atoms with Crippen molar-refractivity contribution in [3.63, 3.8) is 0 Å². The van der Waals surface area contributed by atoms with Crippen LogP contribution in [0.2, 0.25) is 0 Å². The van der Waals surface area contributed by atoms with Crippen LogP contribution in [-0.2, 0) is 11.2 Å². The van der Waals surface area contributed by atoms with Gasteiger partial charge in [0.25, 0.3) is 0 Å². The third kappa shape index (κ3) is 5.19. The van der Waals surface area contributed by atoms with Gasteiger partial charge in [0.05, 0.1) is 18.0 Å². The van der Waals surface area contributed by atoms with Crippen LogP contribution in [0.3, 0.4) is 0 Å². The number of pyridine rings is 2. The molecule has 2 fully saturated rings. The minimum absolute atomic E-state index is 0.295. The second kappa shape index (κ2) is 10.3. The van der Waals surface area contributed by atoms with Gasteiger partial charge >= 0.3 is 0 Å². The van der Waals surface area contributed by atoms with Gasteiger partial charge in [0, 0.05) is 53.9 Å². The molecule has 2 unspecified atom stereocenters. The Balaban J connectivity index is 1.26. The quantitative estimate of drug-likeness (QED) is 0.289. The highest BCUT2D eigenvalue weighted by Crippen LogP contribution is 2.38. The van der Waals surface area contributed by atoms with Crippen molar-refractivity contribution in [1.82, 2.24) is 29.1 Å². The molecule has 198 valence electrons. The molecule has 2 aliphatic rings. The SMILES string of the molecule is CC(C)c1cnc(N2C[C@@H](C[S+](C)[O-])C2C)c2cnc(Nc3ccnc(-c4cnn(SC5CC5)c4)n3)cc12. The number of nitrogens with zero attached hydrogens (tertiary/aromatic N) is 7. The third-order valence-electron chi connectivity index (χ3n) is 7.24. The van der Waals surface area contributed by atoms with Crippen LogP contribution in [0.25, 0.3) is 22.2 Å². The van der Waals surface area contributed by atoms with E-state index in [0.717, 1.165) is 40.3 Å². The molecule has 11 heteroatoms. The molecule has 1 aliphatic heterocycles. The Hall–Kier alpha value is -2.89. The fourth-order valence-electron chi connectivity index (χ4n) is 4.86. The van der Waals surface area contributed by atoms with Crippen LogP contribution in [0.1, 0.15) is 45.1 Å². The zero-order valence-corrected chi connectivity index (χ0v) is 23.7. The number of nitrogens with one attached hydrogen (secondary N) is 1. The first-order valence-electron chi connectivity index (χ1n) is 13.0. The minimum atomic E-state index is -0.793. The molecule has 1 N–H and O–H groups in total. The van der Waals surface area contributed by atoms with Crippen molar-refractivity contribution < 1.29 is 4.55 Å². The molecule has 4 aromatic rings. The van der Waals surface area contributed by atoms with E-state index in [1.165, 1.54) is 18.4 Å². The van der Waals surface area contributed by atoms with Crippen LogP contribution < -0.4 is 10.2 Å². The molecule has 0 aromatic carbocycles. The van der Waals surface area contributed by atoms with E-state index in [1.54, 1.807) is 24.4 Å². The second-order valence-electron chi connectivity index (χ2n) is 10.5. The monoisotopic (exact) mass is 548 g/mol. The van der Waals surface area contributed by atoms with Gasteiger partial charge in [-0.15, -0.1) is 0 Å². The molecule has 38 heavy (non-hydrogen) atoms. The molecule has 1 saturated heterocycles. The average molecular weight is 549 g/mol. The van der Waals surface area contributed by atoms with Crippen molar-refractivity contribution in [3.8, 4) is 11.4 Å². The molecule has 1 saturated carbocycles. The normalized spacial score (nSPS) is 20.1. The van der Waals surface area contributed by atoms with Crippen molar-refractivity contribution in [2.75, 3.05) is 28.8 Å². The molecule has 9 nitrogen and oxygen atoms in total. The molecule has 0 bridgehead atoms. The Bertz CT molecular complexity index is 1450. The first-order chi connectivity index (χ1) is 18.4. The standard InChI is InChI=1S/C27H32N8OS2/c1-16(2)22-11-30-27(34-13-19(17(34)3)15-38(4)36)23-12-29-25(9-21(22)23)32-24-7-8-28-26(33-24)18-10-31-35(14-18)37-20-5-6-20/h7-12,14,16-17,19-20H,5-6,13,15H2,1-4H3,(H,28,29,32,33)/t17?,19-,38?/m0/s1. The number of hydrogen-bond donors (Lipinski definition) is 1. The summed E-state index contributed by atoms with van der Waals surface area (Å²) in [6.07, 6.45) is 13.7. The van der Waals surface area contributed by atoms with Gasteiger partial charge < -0.3 is 14.8 Å². The average Bonchev–Trinajstić information content (AvgIpc) is 3.59. The summed E-state index contributed by atoms with van der Waals surface area (Å²) < 4.78 is 13.7. The van der Waals surface area contributed by atoms with E-state index >= 15 is 0 Å². The van der Waals surface area contributed by atoms with Gasteiger partial charge in [-0.2, -0.15) is 5.10 Å². The second-order valence-corrected chi connectivity index (χ2v) is 13.3. The summed E-state index contributed by atoms with van der Waals surface area (Å²) in [6, 6.07) is 4.23. The predicted molar refractivity (Wildman–Crippen MR) is 155 cm³/mol. The molecule has 1 aliphatic carbocycles. The molecule has 0 spiro atoms. The van der Waals surface area contributed by atoms with Crippen LogP contribution in [0, 0.1) is 5.92 Å². The number of rotatable bonds is 9. The molecule has 3 atom stereocenters. The Morgan fingerprint density at radius 2 is 1.97 bits per heavy atom. The highest BCUT2D eigenvalue weighted by molar-refractivity contribution is 7.98. The van der Waals surface area contributed by atoms with Crippen molar-refractivity contribution in [1.29, 1.82) is 0 Å². The maximum atomic E-state index is 11.7. The fourth-order valence-corrected chi connectivity index (χ4v) is 6.78. The Morgan fingerprint density at radius 1 is 1.13 bits per heavy atom. The molecule has 0 radical (unpaired) electrons. The van der Waals surface area contributed by atoms with Crippen LogP contribution in [0.4, 0.5) is 17.5 Å². The van der Waals surface area contributed by atoms with Crippen LogP contribution in [0.5, 0.6) is 0 Å². The summed E-state index contributed by atoms with van der Waals surface area (Å²) in [5.41, 5.74) is 2.07. The first kappa shape index (κ1) is 25.4. The summed E-state index contributed by atoms with van der Waals surface area (Å²) >= 11 is 0.957. The van der Waals surface area contributed by atoms with Gasteiger partial charge in [0.1, 0.15) is 23.2 Å². The maximum Gasteiger partial charge on any atom is 0.164 e. The first-order valence-corrected chi connectivity index (χ1v) is 15.6. The third-order valence-corrected chi connectivity index (χ3v) is 9.32. The topological polar surface area (TPSA) is 108 Å². The highest BCUT2D eigenvalue weighted by Gasteiger charge is 2.39.